The van der Waals surface area contributed by atoms with E-state index in [0.717, 1.165) is 0 Å². The first kappa shape index (κ1) is 25.6. The molecule has 0 aromatic heterocycles. The maximum atomic E-state index is 12.4. The molecule has 0 aromatic carbocycles. The molecule has 0 radical (unpaired) electrons. The van der Waals surface area contributed by atoms with Crippen LogP contribution in [-0.2, 0) is 33.6 Å². The molecule has 4 atom stereocenters. The van der Waals surface area contributed by atoms with Gasteiger partial charge in [0.05, 0.1) is 31.5 Å². The Morgan fingerprint density at radius 1 is 0.931 bits per heavy atom. The van der Waals surface area contributed by atoms with Crippen molar-refractivity contribution in [1.82, 2.24) is 10.6 Å². The summed E-state index contributed by atoms with van der Waals surface area (Å²) in [6.07, 6.45) is -4.95. The molecule has 2 amide bonds. The number of amides is 2. The Bertz CT molecular complexity index is 710. The van der Waals surface area contributed by atoms with Gasteiger partial charge in [-0.15, -0.1) is 0 Å². The van der Waals surface area contributed by atoms with Gasteiger partial charge in [-0.25, -0.2) is 4.79 Å². The van der Waals surface area contributed by atoms with Gasteiger partial charge in [0.1, 0.15) is 0 Å². The lowest BCUT2D eigenvalue weighted by Crippen LogP contribution is -2.70. The van der Waals surface area contributed by atoms with Crippen molar-refractivity contribution in [2.75, 3.05) is 6.54 Å². The fourth-order valence-electron chi connectivity index (χ4n) is 2.13. The van der Waals surface area contributed by atoms with Crippen molar-refractivity contribution < 1.29 is 54.0 Å². The Morgan fingerprint density at radius 3 is 1.83 bits per heavy atom. The maximum absolute atomic E-state index is 12.4. The topological polar surface area (TPSA) is 277 Å². The Morgan fingerprint density at radius 2 is 1.41 bits per heavy atom. The third-order valence-electron chi connectivity index (χ3n) is 3.66. The lowest BCUT2D eigenvalue weighted by atomic mass is 9.82. The number of nitrogens with two attached hydrogens (primary N) is 2. The van der Waals surface area contributed by atoms with Gasteiger partial charge in [-0.2, -0.15) is 0 Å². The smallest absolute Gasteiger partial charge is 0.340 e. The quantitative estimate of drug-likeness (QED) is 0.0964. The van der Waals surface area contributed by atoms with E-state index in [-0.39, 0.29) is 6.41 Å². The van der Waals surface area contributed by atoms with E-state index in [9.17, 15) is 43.8 Å². The van der Waals surface area contributed by atoms with Gasteiger partial charge >= 0.3 is 17.9 Å². The summed E-state index contributed by atoms with van der Waals surface area (Å²) in [5.74, 6) is -9.55. The number of rotatable bonds is 14. The molecule has 0 heterocycles. The number of aliphatic carboxylic acids is 3. The molecule has 0 aromatic rings. The van der Waals surface area contributed by atoms with Crippen molar-refractivity contribution in [3.05, 3.63) is 0 Å². The molecule has 0 aliphatic carbocycles. The predicted octanol–water partition coefficient (Wildman–Crippen LogP) is -5.22. The van der Waals surface area contributed by atoms with E-state index in [0.29, 0.717) is 0 Å². The van der Waals surface area contributed by atoms with Gasteiger partial charge in [0.25, 0.3) is 0 Å². The van der Waals surface area contributed by atoms with Gasteiger partial charge in [0, 0.05) is 0 Å². The molecule has 0 rings (SSSR count). The first-order valence-electron chi connectivity index (χ1n) is 7.73. The molecule has 15 heteroatoms. The highest BCUT2D eigenvalue weighted by atomic mass is 16.4. The van der Waals surface area contributed by atoms with Crippen LogP contribution in [0.5, 0.6) is 0 Å². The second kappa shape index (κ2) is 10.8. The number of Topliss-reactive ketones (excluding diaryl/α,β-unsaturated/α-hetero) is 2. The molecule has 15 nitrogen and oxygen atoms in total. The molecule has 29 heavy (non-hydrogen) atoms. The molecule has 0 aliphatic rings. The number of carboxylic acid groups (broad SMARTS) is 3. The minimum Gasteiger partial charge on any atom is -0.481 e. The number of carbonyl (C=O) groups excluding carboxylic acids is 4. The highest BCUT2D eigenvalue weighted by Crippen LogP contribution is 2.16. The molecule has 162 valence electrons. The average molecular weight is 420 g/mol. The van der Waals surface area contributed by atoms with Crippen molar-refractivity contribution in [3.63, 3.8) is 0 Å². The zero-order valence-electron chi connectivity index (χ0n) is 14.7. The van der Waals surface area contributed by atoms with E-state index in [1.54, 1.807) is 0 Å². The van der Waals surface area contributed by atoms with Crippen LogP contribution in [0.4, 0.5) is 0 Å². The fraction of sp³-hybridized carbons (Fsp3) is 0.500. The number of nitrogens with one attached hydrogen (secondary N) is 2. The van der Waals surface area contributed by atoms with Crippen molar-refractivity contribution in [2.45, 2.75) is 36.6 Å². The molecule has 0 spiro atoms. The van der Waals surface area contributed by atoms with Gasteiger partial charge in [-0.1, -0.05) is 0 Å². The summed E-state index contributed by atoms with van der Waals surface area (Å²) >= 11 is 0. The largest absolute Gasteiger partial charge is 0.481 e. The summed E-state index contributed by atoms with van der Waals surface area (Å²) in [5, 5.41) is 40.0. The van der Waals surface area contributed by atoms with Crippen LogP contribution in [0.2, 0.25) is 0 Å². The zero-order chi connectivity index (χ0) is 22.9. The van der Waals surface area contributed by atoms with Crippen LogP contribution in [0.3, 0.4) is 0 Å². The number of carbonyl (C=O) groups is 7. The van der Waals surface area contributed by atoms with E-state index in [4.69, 9.17) is 21.7 Å². The van der Waals surface area contributed by atoms with Gasteiger partial charge < -0.3 is 42.5 Å². The van der Waals surface area contributed by atoms with Gasteiger partial charge in [-0.3, -0.25) is 28.8 Å². The summed E-state index contributed by atoms with van der Waals surface area (Å²) in [4.78, 5) is 79.8. The number of carboxylic acids is 3. The normalized spacial score (nSPS) is 15.7. The van der Waals surface area contributed by atoms with Crippen LogP contribution in [0.1, 0.15) is 12.8 Å². The number of aliphatic hydroxyl groups excluding tert-OH is 1. The van der Waals surface area contributed by atoms with E-state index < -0.39 is 78.5 Å². The number of hydrogen-bond acceptors (Lipinski definition) is 10. The monoisotopic (exact) mass is 420 g/mol. The standard InChI is InChI=1S/C14H20N4O11/c15-5(1-8(21)22)10(25)11(26)14(13(28)29,18-4-19)7(20)3-17-12(27)6(16)2-9(23)24/h4-6,11,26H,1-3,15-16H2,(H,17,27)(H,18,19)(H,21,22)(H,23,24)(H,28,29). The van der Waals surface area contributed by atoms with Crippen molar-refractivity contribution >= 4 is 41.8 Å². The Hall–Kier alpha value is -3.43. The van der Waals surface area contributed by atoms with Crippen LogP contribution in [0.25, 0.3) is 0 Å². The van der Waals surface area contributed by atoms with Crippen molar-refractivity contribution in [3.8, 4) is 0 Å². The van der Waals surface area contributed by atoms with Crippen LogP contribution < -0.4 is 22.1 Å². The number of aliphatic hydroxyl groups is 1. The first-order chi connectivity index (χ1) is 13.3. The van der Waals surface area contributed by atoms with Gasteiger partial charge in [0.15, 0.2) is 17.7 Å². The van der Waals surface area contributed by atoms with E-state index >= 15 is 0 Å². The number of ketones is 2. The minimum atomic E-state index is -3.31. The zero-order valence-corrected chi connectivity index (χ0v) is 14.7. The van der Waals surface area contributed by atoms with E-state index in [2.05, 4.69) is 0 Å². The highest BCUT2D eigenvalue weighted by Gasteiger charge is 2.55. The second-order valence-corrected chi connectivity index (χ2v) is 5.73. The minimum absolute atomic E-state index is 0.316. The molecule has 0 bridgehead atoms. The molecule has 0 aliphatic heterocycles. The maximum Gasteiger partial charge on any atom is 0.340 e. The second-order valence-electron chi connectivity index (χ2n) is 5.73. The van der Waals surface area contributed by atoms with Gasteiger partial charge in [-0.05, 0) is 0 Å². The third kappa shape index (κ3) is 6.59. The van der Waals surface area contributed by atoms with Crippen LogP contribution in [0.15, 0.2) is 0 Å². The Labute approximate surface area is 162 Å². The van der Waals surface area contributed by atoms with Crippen molar-refractivity contribution in [1.29, 1.82) is 0 Å². The highest BCUT2D eigenvalue weighted by molar-refractivity contribution is 6.16. The molecule has 0 saturated carbocycles. The van der Waals surface area contributed by atoms with Crippen LogP contribution in [0, 0.1) is 0 Å². The third-order valence-corrected chi connectivity index (χ3v) is 3.66. The lowest BCUT2D eigenvalue weighted by molar-refractivity contribution is -0.162. The first-order valence-corrected chi connectivity index (χ1v) is 7.73. The molecule has 10 N–H and O–H groups in total. The van der Waals surface area contributed by atoms with Crippen molar-refractivity contribution in [2.24, 2.45) is 11.5 Å². The van der Waals surface area contributed by atoms with Crippen LogP contribution >= 0.6 is 0 Å². The summed E-state index contributed by atoms with van der Waals surface area (Å²) in [7, 11) is 0. The molecule has 4 unspecified atom stereocenters. The lowest BCUT2D eigenvalue weighted by Gasteiger charge is -2.32. The Balaban J connectivity index is 5.66. The summed E-state index contributed by atoms with van der Waals surface area (Å²) in [5.41, 5.74) is 7.22. The predicted molar refractivity (Wildman–Crippen MR) is 89.1 cm³/mol. The summed E-state index contributed by atoms with van der Waals surface area (Å²) in [6.45, 7) is -1.18. The molecule has 0 fully saturated rings. The Kier molecular flexibility index (Phi) is 9.51. The fourth-order valence-corrected chi connectivity index (χ4v) is 2.13. The van der Waals surface area contributed by atoms with Gasteiger partial charge in [0.2, 0.25) is 17.9 Å². The molecular formula is C14H20N4O11. The summed E-state index contributed by atoms with van der Waals surface area (Å²) in [6, 6.07) is -3.52. The summed E-state index contributed by atoms with van der Waals surface area (Å²) < 4.78 is 0. The molecule has 0 saturated heterocycles. The number of hydrogen-bond donors (Lipinski definition) is 8. The van der Waals surface area contributed by atoms with E-state index in [1.807, 2.05) is 5.32 Å². The van der Waals surface area contributed by atoms with Crippen LogP contribution in [-0.4, -0.2) is 92.5 Å². The van der Waals surface area contributed by atoms with E-state index in [1.165, 1.54) is 5.32 Å². The average Bonchev–Trinajstić information content (AvgIpc) is 2.60. The molecular weight excluding hydrogens is 400 g/mol. The SMILES string of the molecule is NC(CC(=O)O)C(=O)NCC(=O)C(NC=O)(C(=O)O)C(O)C(=O)C(N)CC(=O)O.